The first-order valence-corrected chi connectivity index (χ1v) is 8.70. The zero-order valence-electron chi connectivity index (χ0n) is 12.6. The predicted molar refractivity (Wildman–Crippen MR) is 83.9 cm³/mol. The van der Waals surface area contributed by atoms with Gasteiger partial charge in [-0.25, -0.2) is 14.4 Å². The van der Waals surface area contributed by atoms with E-state index in [1.807, 2.05) is 11.6 Å². The molecule has 2 fully saturated rings. The molecule has 0 radical (unpaired) electrons. The number of rotatable bonds is 4. The average Bonchev–Trinajstić information content (AvgIpc) is 3.20. The normalized spacial score (nSPS) is 27.8. The van der Waals surface area contributed by atoms with Gasteiger partial charge in [0.15, 0.2) is 5.82 Å². The van der Waals surface area contributed by atoms with Crippen LogP contribution in [0.4, 0.5) is 4.39 Å². The van der Waals surface area contributed by atoms with Crippen LogP contribution in [0.15, 0.2) is 29.9 Å². The number of ether oxygens (including phenoxy) is 2. The molecule has 1 aliphatic heterocycles. The van der Waals surface area contributed by atoms with E-state index >= 15 is 0 Å². The molecule has 7 heteroatoms. The average molecular weight is 335 g/mol. The SMILES string of the molecule is Fc1cccnc1O[C@@H]1CC[C@@H]2[C@@H]1OCCN2Cc1nccs1. The van der Waals surface area contributed by atoms with Gasteiger partial charge in [0.2, 0.25) is 0 Å². The van der Waals surface area contributed by atoms with Gasteiger partial charge in [0.25, 0.3) is 5.88 Å². The Morgan fingerprint density at radius 2 is 2.30 bits per heavy atom. The first-order valence-electron chi connectivity index (χ1n) is 7.82. The minimum Gasteiger partial charge on any atom is -0.469 e. The molecule has 23 heavy (non-hydrogen) atoms. The van der Waals surface area contributed by atoms with E-state index in [1.54, 1.807) is 23.6 Å². The minimum atomic E-state index is -0.425. The fourth-order valence-electron chi connectivity index (χ4n) is 3.42. The van der Waals surface area contributed by atoms with Crippen molar-refractivity contribution < 1.29 is 13.9 Å². The maximum absolute atomic E-state index is 13.8. The highest BCUT2D eigenvalue weighted by atomic mass is 32.1. The van der Waals surface area contributed by atoms with Crippen LogP contribution in [-0.2, 0) is 11.3 Å². The summed E-state index contributed by atoms with van der Waals surface area (Å²) in [6.07, 6.45) is 5.02. The van der Waals surface area contributed by atoms with E-state index in [2.05, 4.69) is 14.9 Å². The zero-order chi connectivity index (χ0) is 15.6. The molecule has 1 aliphatic carbocycles. The number of aromatic nitrogens is 2. The van der Waals surface area contributed by atoms with Gasteiger partial charge < -0.3 is 9.47 Å². The molecular formula is C16H18FN3O2S. The Bertz CT molecular complexity index is 655. The highest BCUT2D eigenvalue weighted by molar-refractivity contribution is 7.09. The molecule has 5 nitrogen and oxygen atoms in total. The second kappa shape index (κ2) is 6.51. The maximum atomic E-state index is 13.8. The van der Waals surface area contributed by atoms with Crippen LogP contribution in [0.1, 0.15) is 17.8 Å². The lowest BCUT2D eigenvalue weighted by atomic mass is 10.1. The summed E-state index contributed by atoms with van der Waals surface area (Å²) in [4.78, 5) is 10.8. The van der Waals surface area contributed by atoms with E-state index < -0.39 is 5.82 Å². The summed E-state index contributed by atoms with van der Waals surface area (Å²) >= 11 is 1.67. The molecule has 0 N–H and O–H groups in total. The van der Waals surface area contributed by atoms with Gasteiger partial charge in [0.05, 0.1) is 13.2 Å². The molecule has 0 spiro atoms. The molecular weight excluding hydrogens is 317 g/mol. The van der Waals surface area contributed by atoms with E-state index in [9.17, 15) is 4.39 Å². The van der Waals surface area contributed by atoms with Gasteiger partial charge in [-0.1, -0.05) is 0 Å². The second-order valence-electron chi connectivity index (χ2n) is 5.82. The van der Waals surface area contributed by atoms with Crippen molar-refractivity contribution in [3.63, 3.8) is 0 Å². The Labute approximate surface area is 138 Å². The quantitative estimate of drug-likeness (QED) is 0.859. The molecule has 2 aromatic heterocycles. The van der Waals surface area contributed by atoms with E-state index in [1.165, 1.54) is 6.07 Å². The standard InChI is InChI=1S/C16H18FN3O2S/c17-11-2-1-5-19-16(11)22-13-4-3-12-15(13)21-8-7-20(12)10-14-18-6-9-23-14/h1-2,5-6,9,12-13,15H,3-4,7-8,10H2/t12-,13-,15+/m1/s1. The number of morpholine rings is 1. The number of nitrogens with zero attached hydrogens (tertiary/aromatic N) is 3. The highest BCUT2D eigenvalue weighted by Crippen LogP contribution is 2.34. The Balaban J connectivity index is 1.46. The first kappa shape index (κ1) is 15.0. The summed E-state index contributed by atoms with van der Waals surface area (Å²) in [5.41, 5.74) is 0. The van der Waals surface area contributed by atoms with Gasteiger partial charge in [-0.05, 0) is 25.0 Å². The van der Waals surface area contributed by atoms with E-state index in [-0.39, 0.29) is 18.1 Å². The van der Waals surface area contributed by atoms with Crippen LogP contribution in [-0.4, -0.2) is 46.3 Å². The van der Waals surface area contributed by atoms with E-state index in [0.717, 1.165) is 30.9 Å². The lowest BCUT2D eigenvalue weighted by molar-refractivity contribution is -0.0927. The topological polar surface area (TPSA) is 47.5 Å². The Hall–Kier alpha value is -1.57. The number of halogens is 1. The lowest BCUT2D eigenvalue weighted by Gasteiger charge is -2.38. The molecule has 122 valence electrons. The summed E-state index contributed by atoms with van der Waals surface area (Å²) in [6, 6.07) is 3.22. The molecule has 4 rings (SSSR count). The third kappa shape index (κ3) is 3.08. The van der Waals surface area contributed by atoms with Crippen molar-refractivity contribution in [1.82, 2.24) is 14.9 Å². The minimum absolute atomic E-state index is 0.0369. The molecule has 0 bridgehead atoms. The van der Waals surface area contributed by atoms with Crippen molar-refractivity contribution in [2.75, 3.05) is 13.2 Å². The summed E-state index contributed by atoms with van der Waals surface area (Å²) in [7, 11) is 0. The van der Waals surface area contributed by atoms with Crippen LogP contribution in [0.5, 0.6) is 5.88 Å². The molecule has 2 aromatic rings. The maximum Gasteiger partial charge on any atom is 0.250 e. The number of hydrogen-bond donors (Lipinski definition) is 0. The summed E-state index contributed by atoms with van der Waals surface area (Å²) in [5, 5.41) is 3.11. The van der Waals surface area contributed by atoms with Crippen LogP contribution in [0, 0.1) is 5.82 Å². The third-order valence-electron chi connectivity index (χ3n) is 4.46. The molecule has 1 saturated heterocycles. The summed E-state index contributed by atoms with van der Waals surface area (Å²) in [5.74, 6) is -0.356. The molecule has 0 aromatic carbocycles. The Kier molecular flexibility index (Phi) is 4.24. The van der Waals surface area contributed by atoms with Crippen LogP contribution < -0.4 is 4.74 Å². The monoisotopic (exact) mass is 335 g/mol. The highest BCUT2D eigenvalue weighted by Gasteiger charge is 2.44. The van der Waals surface area contributed by atoms with Crippen LogP contribution >= 0.6 is 11.3 Å². The van der Waals surface area contributed by atoms with Gasteiger partial charge in [-0.3, -0.25) is 4.90 Å². The first-order chi connectivity index (χ1) is 11.3. The lowest BCUT2D eigenvalue weighted by Crippen LogP contribution is -2.51. The number of thiazole rings is 1. The predicted octanol–water partition coefficient (Wildman–Crippen LogP) is 2.49. The molecule has 1 saturated carbocycles. The van der Waals surface area contributed by atoms with Crippen molar-refractivity contribution in [1.29, 1.82) is 0 Å². The molecule has 3 heterocycles. The van der Waals surface area contributed by atoms with Crippen LogP contribution in [0.2, 0.25) is 0 Å². The number of hydrogen-bond acceptors (Lipinski definition) is 6. The number of fused-ring (bicyclic) bond motifs is 1. The molecule has 0 unspecified atom stereocenters. The van der Waals surface area contributed by atoms with Crippen LogP contribution in [0.3, 0.4) is 0 Å². The largest absolute Gasteiger partial charge is 0.469 e. The molecule has 2 aliphatic rings. The second-order valence-corrected chi connectivity index (χ2v) is 6.80. The zero-order valence-corrected chi connectivity index (χ0v) is 13.4. The number of pyridine rings is 1. The fraction of sp³-hybridized carbons (Fsp3) is 0.500. The van der Waals surface area contributed by atoms with Gasteiger partial charge in [0, 0.05) is 30.4 Å². The molecule has 3 atom stereocenters. The van der Waals surface area contributed by atoms with Crippen molar-refractivity contribution in [3.8, 4) is 5.88 Å². The van der Waals surface area contributed by atoms with Gasteiger partial charge >= 0.3 is 0 Å². The summed E-state index contributed by atoms with van der Waals surface area (Å²) < 4.78 is 25.5. The van der Waals surface area contributed by atoms with E-state index in [4.69, 9.17) is 9.47 Å². The van der Waals surface area contributed by atoms with Crippen molar-refractivity contribution in [2.45, 2.75) is 37.6 Å². The van der Waals surface area contributed by atoms with Gasteiger partial charge in [-0.2, -0.15) is 0 Å². The Morgan fingerprint density at radius 3 is 3.13 bits per heavy atom. The summed E-state index contributed by atoms with van der Waals surface area (Å²) in [6.45, 7) is 2.40. The van der Waals surface area contributed by atoms with Crippen molar-refractivity contribution in [3.05, 3.63) is 40.7 Å². The Morgan fingerprint density at radius 1 is 1.35 bits per heavy atom. The van der Waals surface area contributed by atoms with Gasteiger partial charge in [-0.15, -0.1) is 11.3 Å². The van der Waals surface area contributed by atoms with E-state index in [0.29, 0.717) is 12.6 Å². The van der Waals surface area contributed by atoms with Crippen molar-refractivity contribution >= 4 is 11.3 Å². The third-order valence-corrected chi connectivity index (χ3v) is 5.22. The van der Waals surface area contributed by atoms with Gasteiger partial charge in [0.1, 0.15) is 17.2 Å². The smallest absolute Gasteiger partial charge is 0.250 e. The fourth-order valence-corrected chi connectivity index (χ4v) is 4.06. The van der Waals surface area contributed by atoms with Crippen LogP contribution in [0.25, 0.3) is 0 Å². The molecule has 0 amide bonds. The van der Waals surface area contributed by atoms with Crippen molar-refractivity contribution in [2.24, 2.45) is 0 Å².